The summed E-state index contributed by atoms with van der Waals surface area (Å²) in [5.41, 5.74) is 0.782. The summed E-state index contributed by atoms with van der Waals surface area (Å²) in [5, 5.41) is 20.5. The van der Waals surface area contributed by atoms with Gasteiger partial charge in [0.15, 0.2) is 0 Å². The Morgan fingerprint density at radius 2 is 1.95 bits per heavy atom. The van der Waals surface area contributed by atoms with Gasteiger partial charge in [0.2, 0.25) is 10.0 Å². The first kappa shape index (κ1) is 16.6. The van der Waals surface area contributed by atoms with Gasteiger partial charge in [-0.3, -0.25) is 0 Å². The molecule has 1 aromatic rings. The Kier molecular flexibility index (Phi) is 6.61. The average Bonchev–Trinajstić information content (AvgIpc) is 2.39. The second-order valence-corrected chi connectivity index (χ2v) is 6.20. The largest absolute Gasteiger partial charge is 0.392 e. The van der Waals surface area contributed by atoms with Crippen LogP contribution in [0.5, 0.6) is 0 Å². The molecule has 20 heavy (non-hydrogen) atoms. The summed E-state index contributed by atoms with van der Waals surface area (Å²) in [4.78, 5) is 0.176. The maximum Gasteiger partial charge on any atom is 0.240 e. The number of rotatable bonds is 8. The van der Waals surface area contributed by atoms with Crippen LogP contribution in [-0.4, -0.2) is 39.3 Å². The van der Waals surface area contributed by atoms with E-state index in [4.69, 9.17) is 10.4 Å². The number of hydrogen-bond donors (Lipinski definition) is 3. The Morgan fingerprint density at radius 1 is 1.30 bits per heavy atom. The molecule has 0 fully saturated rings. The topological polar surface area (TPSA) is 102 Å². The molecule has 0 radical (unpaired) electrons. The normalized spacial score (nSPS) is 12.8. The molecule has 0 saturated heterocycles. The van der Waals surface area contributed by atoms with Gasteiger partial charge in [-0.05, 0) is 24.6 Å². The zero-order chi connectivity index (χ0) is 15.0. The van der Waals surface area contributed by atoms with Crippen LogP contribution in [0.25, 0.3) is 0 Å². The molecule has 7 heteroatoms. The van der Waals surface area contributed by atoms with Gasteiger partial charge in [0.25, 0.3) is 0 Å². The Labute approximate surface area is 119 Å². The molecule has 0 spiro atoms. The zero-order valence-corrected chi connectivity index (χ0v) is 12.2. The first-order valence-corrected chi connectivity index (χ1v) is 7.78. The van der Waals surface area contributed by atoms with Crippen LogP contribution in [0.1, 0.15) is 12.5 Å². The van der Waals surface area contributed by atoms with Crippen molar-refractivity contribution < 1.29 is 13.5 Å². The summed E-state index contributed by atoms with van der Waals surface area (Å²) in [6.45, 7) is 2.76. The second-order valence-electron chi connectivity index (χ2n) is 4.43. The first-order valence-electron chi connectivity index (χ1n) is 6.30. The van der Waals surface area contributed by atoms with Crippen molar-refractivity contribution in [2.75, 3.05) is 19.6 Å². The van der Waals surface area contributed by atoms with Gasteiger partial charge in [0.1, 0.15) is 0 Å². The molecule has 0 saturated carbocycles. The van der Waals surface area contributed by atoms with Crippen molar-refractivity contribution in [2.45, 2.75) is 24.3 Å². The molecule has 1 atom stereocenters. The Morgan fingerprint density at radius 3 is 2.50 bits per heavy atom. The van der Waals surface area contributed by atoms with E-state index in [0.29, 0.717) is 13.1 Å². The highest BCUT2D eigenvalue weighted by Gasteiger charge is 2.12. The number of aliphatic hydroxyl groups excluding tert-OH is 1. The van der Waals surface area contributed by atoms with Gasteiger partial charge in [-0.25, -0.2) is 13.1 Å². The molecule has 0 aromatic heterocycles. The van der Waals surface area contributed by atoms with E-state index in [-0.39, 0.29) is 17.9 Å². The van der Waals surface area contributed by atoms with Gasteiger partial charge in [0, 0.05) is 19.6 Å². The highest BCUT2D eigenvalue weighted by atomic mass is 32.2. The van der Waals surface area contributed by atoms with Crippen molar-refractivity contribution in [3.05, 3.63) is 29.8 Å². The van der Waals surface area contributed by atoms with E-state index in [1.165, 1.54) is 12.1 Å². The number of sulfonamides is 1. The lowest BCUT2D eigenvalue weighted by molar-refractivity contribution is 0.192. The predicted molar refractivity (Wildman–Crippen MR) is 75.5 cm³/mol. The molecule has 1 aromatic carbocycles. The average molecular weight is 297 g/mol. The monoisotopic (exact) mass is 297 g/mol. The van der Waals surface area contributed by atoms with Crippen molar-refractivity contribution in [3.63, 3.8) is 0 Å². The third-order valence-corrected chi connectivity index (χ3v) is 4.03. The number of nitriles is 1. The molecule has 1 unspecified atom stereocenters. The lowest BCUT2D eigenvalue weighted by Crippen LogP contribution is -2.34. The van der Waals surface area contributed by atoms with Crippen molar-refractivity contribution in [3.8, 4) is 6.07 Å². The minimum absolute atomic E-state index is 0.176. The van der Waals surface area contributed by atoms with Gasteiger partial charge >= 0.3 is 0 Å². The predicted octanol–water partition coefficient (Wildman–Crippen LogP) is 0.00138. The fourth-order valence-electron chi connectivity index (χ4n) is 1.55. The summed E-state index contributed by atoms with van der Waals surface area (Å²) in [7, 11) is -3.53. The Balaban J connectivity index is 2.50. The molecule has 110 valence electrons. The number of aliphatic hydroxyl groups is 1. The third kappa shape index (κ3) is 5.67. The molecule has 0 heterocycles. The SMILES string of the molecule is CC(O)CNCCNS(=O)(=O)c1ccc(CC#N)cc1. The number of benzene rings is 1. The number of nitrogens with zero attached hydrogens (tertiary/aromatic N) is 1. The second kappa shape index (κ2) is 7.97. The Bertz CT molecular complexity index is 547. The van der Waals surface area contributed by atoms with Crippen LogP contribution in [0, 0.1) is 11.3 Å². The minimum Gasteiger partial charge on any atom is -0.392 e. The fraction of sp³-hybridized carbons (Fsp3) is 0.462. The van der Waals surface area contributed by atoms with Crippen molar-refractivity contribution in [1.29, 1.82) is 5.26 Å². The maximum absolute atomic E-state index is 11.9. The lowest BCUT2D eigenvalue weighted by atomic mass is 10.2. The van der Waals surface area contributed by atoms with Crippen LogP contribution < -0.4 is 10.0 Å². The summed E-state index contributed by atoms with van der Waals surface area (Å²) in [5.74, 6) is 0. The van der Waals surface area contributed by atoms with E-state index < -0.39 is 16.1 Å². The van der Waals surface area contributed by atoms with Gasteiger partial charge in [-0.15, -0.1) is 0 Å². The van der Waals surface area contributed by atoms with Crippen LogP contribution in [0.4, 0.5) is 0 Å². The molecule has 0 aliphatic rings. The molecule has 1 rings (SSSR count). The smallest absolute Gasteiger partial charge is 0.240 e. The highest BCUT2D eigenvalue weighted by Crippen LogP contribution is 2.10. The van der Waals surface area contributed by atoms with Crippen LogP contribution in [0.15, 0.2) is 29.2 Å². The molecular weight excluding hydrogens is 278 g/mol. The van der Waals surface area contributed by atoms with E-state index in [9.17, 15) is 8.42 Å². The summed E-state index contributed by atoms with van der Waals surface area (Å²) < 4.78 is 26.4. The van der Waals surface area contributed by atoms with Crippen molar-refractivity contribution in [2.24, 2.45) is 0 Å². The Hall–Kier alpha value is -1.46. The lowest BCUT2D eigenvalue weighted by Gasteiger charge is -2.09. The highest BCUT2D eigenvalue weighted by molar-refractivity contribution is 7.89. The van der Waals surface area contributed by atoms with Gasteiger partial charge < -0.3 is 10.4 Å². The van der Waals surface area contributed by atoms with Crippen LogP contribution in [-0.2, 0) is 16.4 Å². The van der Waals surface area contributed by atoms with Crippen LogP contribution in [0.2, 0.25) is 0 Å². The van der Waals surface area contributed by atoms with Gasteiger partial charge in [-0.2, -0.15) is 5.26 Å². The molecule has 0 aliphatic carbocycles. The van der Waals surface area contributed by atoms with E-state index in [1.54, 1.807) is 19.1 Å². The quantitative estimate of drug-likeness (QED) is 0.586. The molecule has 3 N–H and O–H groups in total. The van der Waals surface area contributed by atoms with E-state index in [1.807, 2.05) is 6.07 Å². The molecule has 0 amide bonds. The van der Waals surface area contributed by atoms with Crippen LogP contribution >= 0.6 is 0 Å². The van der Waals surface area contributed by atoms with Gasteiger partial charge in [0.05, 0.1) is 23.5 Å². The summed E-state index contributed by atoms with van der Waals surface area (Å²) in [6.07, 6.45) is -0.198. The van der Waals surface area contributed by atoms with Crippen molar-refractivity contribution >= 4 is 10.0 Å². The van der Waals surface area contributed by atoms with E-state index in [2.05, 4.69) is 10.0 Å². The summed E-state index contributed by atoms with van der Waals surface area (Å²) >= 11 is 0. The number of hydrogen-bond acceptors (Lipinski definition) is 5. The van der Waals surface area contributed by atoms with Gasteiger partial charge in [-0.1, -0.05) is 12.1 Å². The summed E-state index contributed by atoms with van der Waals surface area (Å²) in [6, 6.07) is 8.23. The zero-order valence-electron chi connectivity index (χ0n) is 11.3. The first-order chi connectivity index (χ1) is 9.45. The van der Waals surface area contributed by atoms with E-state index in [0.717, 1.165) is 5.56 Å². The van der Waals surface area contributed by atoms with E-state index >= 15 is 0 Å². The molecule has 6 nitrogen and oxygen atoms in total. The third-order valence-electron chi connectivity index (χ3n) is 2.55. The maximum atomic E-state index is 11.9. The fourth-order valence-corrected chi connectivity index (χ4v) is 2.58. The molecular formula is C13H19N3O3S. The molecule has 0 aliphatic heterocycles. The van der Waals surface area contributed by atoms with Crippen LogP contribution in [0.3, 0.4) is 0 Å². The molecule has 0 bridgehead atoms. The minimum atomic E-state index is -3.53. The standard InChI is InChI=1S/C13H19N3O3S/c1-11(17)10-15-8-9-16-20(18,19)13-4-2-12(3-5-13)6-7-14/h2-5,11,15-17H,6,8-10H2,1H3. The number of nitrogens with one attached hydrogen (secondary N) is 2. The van der Waals surface area contributed by atoms with Crippen molar-refractivity contribution in [1.82, 2.24) is 10.0 Å².